The van der Waals surface area contributed by atoms with E-state index in [9.17, 15) is 0 Å². The second-order valence-electron chi connectivity index (χ2n) is 4.98. The molecule has 0 saturated heterocycles. The molecule has 3 rings (SSSR count). The topological polar surface area (TPSA) is 67.1 Å². The van der Waals surface area contributed by atoms with Crippen LogP contribution in [0.3, 0.4) is 0 Å². The van der Waals surface area contributed by atoms with E-state index in [1.54, 1.807) is 0 Å². The van der Waals surface area contributed by atoms with E-state index in [-0.39, 0.29) is 0 Å². The highest BCUT2D eigenvalue weighted by atomic mass is 32.2. The number of nitrogens with zero attached hydrogens (tertiary/aromatic N) is 3. The summed E-state index contributed by atoms with van der Waals surface area (Å²) in [5.41, 5.74) is 5.25. The van der Waals surface area contributed by atoms with Crippen LogP contribution in [-0.2, 0) is 6.42 Å². The summed E-state index contributed by atoms with van der Waals surface area (Å²) in [5, 5.41) is 0.724. The Balaban J connectivity index is 2.07. The molecule has 110 valence electrons. The first kappa shape index (κ1) is 14.2. The van der Waals surface area contributed by atoms with E-state index in [1.807, 2.05) is 12.3 Å². The number of nitrogens with one attached hydrogen (secondary N) is 1. The van der Waals surface area contributed by atoms with Gasteiger partial charge in [0, 0.05) is 18.3 Å². The number of nitrogens with two attached hydrogens (primary N) is 1. The van der Waals surface area contributed by atoms with Crippen LogP contribution in [0.4, 0.5) is 17.3 Å². The van der Waals surface area contributed by atoms with Crippen molar-refractivity contribution in [3.05, 3.63) is 35.9 Å². The van der Waals surface area contributed by atoms with Gasteiger partial charge in [-0.15, -0.1) is 0 Å². The van der Waals surface area contributed by atoms with Gasteiger partial charge in [-0.3, -0.25) is 0 Å². The zero-order valence-corrected chi connectivity index (χ0v) is 12.9. The Kier molecular flexibility index (Phi) is 4.26. The monoisotopic (exact) mass is 301 g/mol. The molecule has 0 spiro atoms. The SMILES string of the molecule is CSc1nc(NN)cc(N2CCCCc3ccccc32)n1. The standard InChI is InChI=1S/C15H19N5S/c1-21-15-17-13(19-16)10-14(18-15)20-9-5-4-7-11-6-2-3-8-12(11)20/h2-3,6,8,10H,4-5,7,9,16H2,1H3,(H,17,18,19). The molecule has 0 saturated carbocycles. The highest BCUT2D eigenvalue weighted by molar-refractivity contribution is 7.98. The first-order valence-corrected chi connectivity index (χ1v) is 8.29. The third-order valence-electron chi connectivity index (χ3n) is 3.66. The second-order valence-corrected chi connectivity index (χ2v) is 5.75. The molecule has 1 aromatic heterocycles. The van der Waals surface area contributed by atoms with Gasteiger partial charge in [0.05, 0.1) is 0 Å². The molecule has 2 heterocycles. The number of nitrogen functional groups attached to an aromatic ring is 1. The number of benzene rings is 1. The molecule has 0 bridgehead atoms. The Morgan fingerprint density at radius 2 is 2.10 bits per heavy atom. The van der Waals surface area contributed by atoms with Crippen LogP contribution < -0.4 is 16.2 Å². The maximum atomic E-state index is 5.53. The predicted octanol–water partition coefficient (Wildman–Crippen LogP) is 2.96. The van der Waals surface area contributed by atoms with Crippen molar-refractivity contribution >= 4 is 29.1 Å². The number of anilines is 3. The van der Waals surface area contributed by atoms with Crippen LogP contribution in [-0.4, -0.2) is 22.8 Å². The lowest BCUT2D eigenvalue weighted by atomic mass is 10.1. The highest BCUT2D eigenvalue weighted by Crippen LogP contribution is 2.32. The fourth-order valence-electron chi connectivity index (χ4n) is 2.65. The number of thioether (sulfide) groups is 1. The van der Waals surface area contributed by atoms with Crippen LogP contribution in [0.2, 0.25) is 0 Å². The fraction of sp³-hybridized carbons (Fsp3) is 0.333. The van der Waals surface area contributed by atoms with Crippen LogP contribution >= 0.6 is 11.8 Å². The maximum absolute atomic E-state index is 5.53. The van der Waals surface area contributed by atoms with Gasteiger partial charge in [-0.2, -0.15) is 0 Å². The van der Waals surface area contributed by atoms with Crippen LogP contribution in [0.25, 0.3) is 0 Å². The number of aromatic nitrogens is 2. The van der Waals surface area contributed by atoms with Gasteiger partial charge >= 0.3 is 0 Å². The van der Waals surface area contributed by atoms with Crippen LogP contribution in [0.15, 0.2) is 35.5 Å². The molecule has 2 aromatic rings. The summed E-state index contributed by atoms with van der Waals surface area (Å²) >= 11 is 1.52. The second kappa shape index (κ2) is 6.32. The number of fused-ring (bicyclic) bond motifs is 1. The summed E-state index contributed by atoms with van der Waals surface area (Å²) in [4.78, 5) is 11.2. The van der Waals surface area contributed by atoms with E-state index in [4.69, 9.17) is 5.84 Å². The summed E-state index contributed by atoms with van der Waals surface area (Å²) in [7, 11) is 0. The van der Waals surface area contributed by atoms with Crippen LogP contribution in [0, 0.1) is 0 Å². The van der Waals surface area contributed by atoms with Gasteiger partial charge in [0.15, 0.2) is 5.16 Å². The first-order valence-electron chi connectivity index (χ1n) is 7.07. The molecule has 6 heteroatoms. The van der Waals surface area contributed by atoms with Gasteiger partial charge in [-0.1, -0.05) is 30.0 Å². The lowest BCUT2D eigenvalue weighted by molar-refractivity contribution is 0.754. The Hall–Kier alpha value is -1.79. The van der Waals surface area contributed by atoms with E-state index in [0.29, 0.717) is 5.82 Å². The molecule has 5 nitrogen and oxygen atoms in total. The molecule has 0 amide bonds. The van der Waals surface area contributed by atoms with Gasteiger partial charge in [-0.05, 0) is 37.1 Å². The average Bonchev–Trinajstić information content (AvgIpc) is 2.76. The summed E-state index contributed by atoms with van der Waals surface area (Å²) in [6.07, 6.45) is 5.44. The van der Waals surface area contributed by atoms with E-state index < -0.39 is 0 Å². The molecule has 1 aromatic carbocycles. The quantitative estimate of drug-likeness (QED) is 0.393. The minimum absolute atomic E-state index is 0.645. The summed E-state index contributed by atoms with van der Waals surface area (Å²) in [6, 6.07) is 10.4. The molecule has 1 aliphatic heterocycles. The molecule has 1 aliphatic rings. The molecule has 0 radical (unpaired) electrons. The fourth-order valence-corrected chi connectivity index (χ4v) is 3.02. The number of hydrogen-bond donors (Lipinski definition) is 2. The lowest BCUT2D eigenvalue weighted by Crippen LogP contribution is -2.20. The van der Waals surface area contributed by atoms with Crippen LogP contribution in [0.1, 0.15) is 18.4 Å². The minimum Gasteiger partial charge on any atom is -0.326 e. The van der Waals surface area contributed by atoms with Gasteiger partial charge in [-0.25, -0.2) is 15.8 Å². The highest BCUT2D eigenvalue weighted by Gasteiger charge is 2.18. The van der Waals surface area contributed by atoms with Crippen molar-refractivity contribution in [2.75, 3.05) is 23.1 Å². The number of hydrazine groups is 1. The largest absolute Gasteiger partial charge is 0.326 e. The zero-order chi connectivity index (χ0) is 14.7. The van der Waals surface area contributed by atoms with Crippen molar-refractivity contribution < 1.29 is 0 Å². The van der Waals surface area contributed by atoms with E-state index >= 15 is 0 Å². The number of para-hydroxylation sites is 1. The smallest absolute Gasteiger partial charge is 0.191 e. The lowest BCUT2D eigenvalue weighted by Gasteiger charge is -2.24. The summed E-state index contributed by atoms with van der Waals surface area (Å²) in [6.45, 7) is 0.964. The molecule has 3 N–H and O–H groups in total. The molecule has 0 unspecified atom stereocenters. The van der Waals surface area contributed by atoms with Crippen molar-refractivity contribution in [2.24, 2.45) is 5.84 Å². The molecular formula is C15H19N5S. The minimum atomic E-state index is 0.645. The number of hydrogen-bond acceptors (Lipinski definition) is 6. The average molecular weight is 301 g/mol. The zero-order valence-electron chi connectivity index (χ0n) is 12.0. The van der Waals surface area contributed by atoms with Gasteiger partial charge in [0.1, 0.15) is 11.6 Å². The Morgan fingerprint density at radius 1 is 1.24 bits per heavy atom. The Labute approximate surface area is 128 Å². The molecule has 0 fully saturated rings. The number of rotatable bonds is 3. The maximum Gasteiger partial charge on any atom is 0.191 e. The molecule has 21 heavy (non-hydrogen) atoms. The van der Waals surface area contributed by atoms with Gasteiger partial charge in [0.25, 0.3) is 0 Å². The summed E-state index contributed by atoms with van der Waals surface area (Å²) < 4.78 is 0. The molecular weight excluding hydrogens is 282 g/mol. The Bertz CT molecular complexity index is 609. The van der Waals surface area contributed by atoms with Gasteiger partial charge in [0.2, 0.25) is 0 Å². The van der Waals surface area contributed by atoms with Crippen molar-refractivity contribution in [2.45, 2.75) is 24.4 Å². The van der Waals surface area contributed by atoms with Gasteiger partial charge < -0.3 is 10.3 Å². The summed E-state index contributed by atoms with van der Waals surface area (Å²) in [5.74, 6) is 7.07. The first-order chi connectivity index (χ1) is 10.3. The van der Waals surface area contributed by atoms with E-state index in [1.165, 1.54) is 29.4 Å². The Morgan fingerprint density at radius 3 is 2.90 bits per heavy atom. The van der Waals surface area contributed by atoms with Crippen molar-refractivity contribution in [3.63, 3.8) is 0 Å². The normalized spacial score (nSPS) is 14.5. The third-order valence-corrected chi connectivity index (χ3v) is 4.21. The van der Waals surface area contributed by atoms with Crippen molar-refractivity contribution in [3.8, 4) is 0 Å². The molecule has 0 aliphatic carbocycles. The number of aryl methyl sites for hydroxylation is 1. The van der Waals surface area contributed by atoms with E-state index in [0.717, 1.165) is 30.4 Å². The molecule has 0 atom stereocenters. The van der Waals surface area contributed by atoms with Crippen molar-refractivity contribution in [1.29, 1.82) is 0 Å². The van der Waals surface area contributed by atoms with E-state index in [2.05, 4.69) is 44.6 Å². The van der Waals surface area contributed by atoms with Crippen LogP contribution in [0.5, 0.6) is 0 Å². The van der Waals surface area contributed by atoms with Crippen molar-refractivity contribution in [1.82, 2.24) is 9.97 Å². The predicted molar refractivity (Wildman–Crippen MR) is 88.0 cm³/mol. The third kappa shape index (κ3) is 2.96.